The van der Waals surface area contributed by atoms with Crippen LogP contribution in [0.25, 0.3) is 0 Å². The third kappa shape index (κ3) is 6.54. The number of rotatable bonds is 8. The van der Waals surface area contributed by atoms with Crippen LogP contribution in [-0.4, -0.2) is 61.7 Å². The summed E-state index contributed by atoms with van der Waals surface area (Å²) in [6, 6.07) is 6.19. The number of hydrogen-bond acceptors (Lipinski definition) is 4. The molecule has 0 spiro atoms. The van der Waals surface area contributed by atoms with Gasteiger partial charge in [-0.05, 0) is 37.5 Å². The lowest BCUT2D eigenvalue weighted by molar-refractivity contribution is -0.129. The van der Waals surface area contributed by atoms with Crippen LogP contribution in [0, 0.1) is 5.92 Å². The number of hydrogen-bond donors (Lipinski definition) is 1. The van der Waals surface area contributed by atoms with Gasteiger partial charge in [0.1, 0.15) is 0 Å². The van der Waals surface area contributed by atoms with Crippen molar-refractivity contribution in [1.82, 2.24) is 14.5 Å². The average Bonchev–Trinajstić information content (AvgIpc) is 2.67. The summed E-state index contributed by atoms with van der Waals surface area (Å²) in [7, 11) is -3.70. The molecule has 0 aliphatic carbocycles. The Bertz CT molecular complexity index is 815. The summed E-state index contributed by atoms with van der Waals surface area (Å²) in [5, 5.41) is 2.95. The van der Waals surface area contributed by atoms with E-state index in [1.165, 1.54) is 23.4 Å². The number of benzene rings is 1. The second-order valence-corrected chi connectivity index (χ2v) is 10.1. The predicted molar refractivity (Wildman–Crippen MR) is 113 cm³/mol. The molecule has 1 aliphatic rings. The van der Waals surface area contributed by atoms with E-state index >= 15 is 0 Å². The lowest BCUT2D eigenvalue weighted by Crippen LogP contribution is -2.49. The van der Waals surface area contributed by atoms with E-state index in [9.17, 15) is 18.0 Å². The van der Waals surface area contributed by atoms with Crippen molar-refractivity contribution >= 4 is 21.8 Å². The second kappa shape index (κ2) is 10.2. The fourth-order valence-electron chi connectivity index (χ4n) is 3.40. The fourth-order valence-corrected chi connectivity index (χ4v) is 4.87. The molecule has 1 N–H and O–H groups in total. The van der Waals surface area contributed by atoms with Gasteiger partial charge in [-0.3, -0.25) is 9.59 Å². The van der Waals surface area contributed by atoms with E-state index < -0.39 is 10.0 Å². The normalized spacial score (nSPS) is 16.7. The maximum atomic E-state index is 13.0. The minimum Gasteiger partial charge on any atom is -0.350 e. The van der Waals surface area contributed by atoms with Crippen molar-refractivity contribution in [3.05, 3.63) is 29.8 Å². The highest BCUT2D eigenvalue weighted by Crippen LogP contribution is 2.19. The van der Waals surface area contributed by atoms with Crippen LogP contribution in [0.1, 0.15) is 57.3 Å². The number of nitrogens with one attached hydrogen (secondary N) is 1. The van der Waals surface area contributed by atoms with Crippen LogP contribution in [0.5, 0.6) is 0 Å². The average molecular weight is 424 g/mol. The van der Waals surface area contributed by atoms with Gasteiger partial charge in [-0.15, -0.1) is 0 Å². The highest BCUT2D eigenvalue weighted by Gasteiger charge is 2.29. The van der Waals surface area contributed by atoms with Gasteiger partial charge in [0.2, 0.25) is 15.9 Å². The summed E-state index contributed by atoms with van der Waals surface area (Å²) in [4.78, 5) is 25.7. The maximum absolute atomic E-state index is 13.0. The summed E-state index contributed by atoms with van der Waals surface area (Å²) in [5.74, 6) is 0.320. The van der Waals surface area contributed by atoms with Gasteiger partial charge in [0, 0.05) is 44.7 Å². The SMILES string of the molecule is CC(=O)N1CCN(S(=O)(=O)c2cccc(C(=O)N[C@H](C)CCCC(C)C)c2)CC1. The molecule has 1 fully saturated rings. The largest absolute Gasteiger partial charge is 0.350 e. The number of amides is 2. The molecule has 0 unspecified atom stereocenters. The topological polar surface area (TPSA) is 86.8 Å². The Kier molecular flexibility index (Phi) is 8.22. The summed E-state index contributed by atoms with van der Waals surface area (Å²) in [6.07, 6.45) is 3.05. The van der Waals surface area contributed by atoms with Crippen molar-refractivity contribution < 1.29 is 18.0 Å². The number of carbonyl (C=O) groups is 2. The standard InChI is InChI=1S/C21H33N3O4S/c1-16(2)7-5-8-17(3)22-21(26)19-9-6-10-20(15-19)29(27,28)24-13-11-23(12-14-24)18(4)25/h6,9-10,15-17H,5,7-8,11-14H2,1-4H3,(H,22,26)/t17-/m1/s1. The molecule has 1 aromatic carbocycles. The minimum absolute atomic E-state index is 0.0289. The molecule has 1 saturated heterocycles. The Morgan fingerprint density at radius 3 is 2.31 bits per heavy atom. The van der Waals surface area contributed by atoms with E-state index in [1.54, 1.807) is 17.0 Å². The van der Waals surface area contributed by atoms with Gasteiger partial charge in [0.15, 0.2) is 0 Å². The van der Waals surface area contributed by atoms with Gasteiger partial charge in [-0.1, -0.05) is 32.8 Å². The molecule has 0 saturated carbocycles. The molecule has 2 rings (SSSR count). The quantitative estimate of drug-likeness (QED) is 0.696. The summed E-state index contributed by atoms with van der Waals surface area (Å²) < 4.78 is 27.3. The van der Waals surface area contributed by atoms with Gasteiger partial charge in [0.25, 0.3) is 5.91 Å². The molecular weight excluding hydrogens is 390 g/mol. The zero-order valence-corrected chi connectivity index (χ0v) is 18.7. The maximum Gasteiger partial charge on any atom is 0.251 e. The van der Waals surface area contributed by atoms with Crippen molar-refractivity contribution in [3.63, 3.8) is 0 Å². The molecule has 8 heteroatoms. The molecule has 7 nitrogen and oxygen atoms in total. The first kappa shape index (κ1) is 23.3. The van der Waals surface area contributed by atoms with Gasteiger partial charge >= 0.3 is 0 Å². The molecule has 0 radical (unpaired) electrons. The molecule has 0 aromatic heterocycles. The Hall–Kier alpha value is -1.93. The fraction of sp³-hybridized carbons (Fsp3) is 0.619. The zero-order chi connectivity index (χ0) is 21.6. The number of piperazine rings is 1. The third-order valence-corrected chi connectivity index (χ3v) is 7.11. The number of carbonyl (C=O) groups excluding carboxylic acids is 2. The molecule has 162 valence electrons. The zero-order valence-electron chi connectivity index (χ0n) is 17.8. The van der Waals surface area contributed by atoms with E-state index in [-0.39, 0.29) is 35.8 Å². The monoisotopic (exact) mass is 423 g/mol. The van der Waals surface area contributed by atoms with Crippen molar-refractivity contribution in [2.75, 3.05) is 26.2 Å². The van der Waals surface area contributed by atoms with E-state index in [2.05, 4.69) is 19.2 Å². The van der Waals surface area contributed by atoms with E-state index in [0.717, 1.165) is 19.3 Å². The van der Waals surface area contributed by atoms with E-state index in [1.807, 2.05) is 6.92 Å². The molecule has 0 bridgehead atoms. The molecule has 1 aliphatic heterocycles. The van der Waals surface area contributed by atoms with Crippen LogP contribution in [0.3, 0.4) is 0 Å². The van der Waals surface area contributed by atoms with E-state index in [4.69, 9.17) is 0 Å². The van der Waals surface area contributed by atoms with Gasteiger partial charge < -0.3 is 10.2 Å². The Balaban J connectivity index is 2.02. The smallest absolute Gasteiger partial charge is 0.251 e. The Labute approximate surface area is 174 Å². The second-order valence-electron chi connectivity index (χ2n) is 8.14. The summed E-state index contributed by atoms with van der Waals surface area (Å²) in [5.41, 5.74) is 0.337. The van der Waals surface area contributed by atoms with Crippen LogP contribution in [0.15, 0.2) is 29.2 Å². The van der Waals surface area contributed by atoms with Crippen LogP contribution in [0.4, 0.5) is 0 Å². The molecular formula is C21H33N3O4S. The van der Waals surface area contributed by atoms with Gasteiger partial charge in [0.05, 0.1) is 4.90 Å². The molecule has 1 heterocycles. The highest BCUT2D eigenvalue weighted by atomic mass is 32.2. The lowest BCUT2D eigenvalue weighted by Gasteiger charge is -2.33. The molecule has 1 atom stereocenters. The number of nitrogens with zero attached hydrogens (tertiary/aromatic N) is 2. The highest BCUT2D eigenvalue weighted by molar-refractivity contribution is 7.89. The first-order valence-electron chi connectivity index (χ1n) is 10.3. The Morgan fingerprint density at radius 1 is 1.07 bits per heavy atom. The summed E-state index contributed by atoms with van der Waals surface area (Å²) in [6.45, 7) is 9.06. The first-order chi connectivity index (χ1) is 13.6. The minimum atomic E-state index is -3.70. The first-order valence-corrected chi connectivity index (χ1v) is 11.7. The van der Waals surface area contributed by atoms with Crippen molar-refractivity contribution in [2.24, 2.45) is 5.92 Å². The van der Waals surface area contributed by atoms with Gasteiger partial charge in [-0.25, -0.2) is 8.42 Å². The Morgan fingerprint density at radius 2 is 1.72 bits per heavy atom. The van der Waals surface area contributed by atoms with Crippen LogP contribution in [0.2, 0.25) is 0 Å². The molecule has 2 amide bonds. The third-order valence-electron chi connectivity index (χ3n) is 5.21. The molecule has 1 aromatic rings. The predicted octanol–water partition coefficient (Wildman–Crippen LogP) is 2.48. The van der Waals surface area contributed by atoms with Crippen LogP contribution in [-0.2, 0) is 14.8 Å². The number of sulfonamides is 1. The summed E-state index contributed by atoms with van der Waals surface area (Å²) >= 11 is 0. The lowest BCUT2D eigenvalue weighted by atomic mass is 10.0. The van der Waals surface area contributed by atoms with E-state index in [0.29, 0.717) is 24.6 Å². The van der Waals surface area contributed by atoms with Crippen LogP contribution >= 0.6 is 0 Å². The van der Waals surface area contributed by atoms with Crippen molar-refractivity contribution in [1.29, 1.82) is 0 Å². The van der Waals surface area contributed by atoms with Gasteiger partial charge in [-0.2, -0.15) is 4.31 Å². The van der Waals surface area contributed by atoms with Crippen LogP contribution < -0.4 is 5.32 Å². The van der Waals surface area contributed by atoms with Crippen molar-refractivity contribution in [3.8, 4) is 0 Å². The van der Waals surface area contributed by atoms with Crippen molar-refractivity contribution in [2.45, 2.75) is 57.9 Å². The molecule has 29 heavy (non-hydrogen) atoms.